The first kappa shape index (κ1) is 13.9. The van der Waals surface area contributed by atoms with Gasteiger partial charge in [0.05, 0.1) is 5.02 Å². The van der Waals surface area contributed by atoms with E-state index in [1.165, 1.54) is 12.1 Å². The van der Waals surface area contributed by atoms with Crippen molar-refractivity contribution in [3.8, 4) is 11.5 Å². The molecule has 0 spiro atoms. The van der Waals surface area contributed by atoms with Crippen molar-refractivity contribution in [3.05, 3.63) is 59.1 Å². The molecule has 0 aliphatic rings. The van der Waals surface area contributed by atoms with E-state index in [1.54, 1.807) is 36.4 Å². The Hall–Kier alpha value is -2.20. The van der Waals surface area contributed by atoms with E-state index < -0.39 is 5.97 Å². The molecule has 0 bridgehead atoms. The summed E-state index contributed by atoms with van der Waals surface area (Å²) in [4.78, 5) is 10.3. The van der Waals surface area contributed by atoms with Gasteiger partial charge in [0, 0.05) is 0 Å². The van der Waals surface area contributed by atoms with Crippen molar-refractivity contribution in [2.45, 2.75) is 0 Å². The predicted molar refractivity (Wildman–Crippen MR) is 68.2 cm³/mol. The molecule has 0 saturated carbocycles. The maximum atomic E-state index is 10.3. The molecule has 0 amide bonds. The predicted octanol–water partition coefficient (Wildman–Crippen LogP) is 3.14. The van der Waals surface area contributed by atoms with Crippen molar-refractivity contribution >= 4 is 17.6 Å². The number of phenolic OH excluding ortho intramolecular Hbond substituents is 1. The SMILES string of the molecule is O=C(O)c1ccccc1O.Oc1ccccc1Cl. The van der Waals surface area contributed by atoms with Crippen LogP contribution in [0.4, 0.5) is 0 Å². The Bertz CT molecular complexity index is 519. The summed E-state index contributed by atoms with van der Waals surface area (Å²) in [5.41, 5.74) is -0.0671. The zero-order valence-electron chi connectivity index (χ0n) is 9.25. The van der Waals surface area contributed by atoms with Crippen LogP contribution >= 0.6 is 11.6 Å². The van der Waals surface area contributed by atoms with E-state index in [1.807, 2.05) is 0 Å². The van der Waals surface area contributed by atoms with Crippen molar-refractivity contribution in [2.75, 3.05) is 0 Å². The van der Waals surface area contributed by atoms with Crippen LogP contribution in [0.2, 0.25) is 5.02 Å². The lowest BCUT2D eigenvalue weighted by Gasteiger charge is -1.95. The van der Waals surface area contributed by atoms with Crippen LogP contribution in [-0.2, 0) is 0 Å². The minimum Gasteiger partial charge on any atom is -0.507 e. The van der Waals surface area contributed by atoms with E-state index in [0.717, 1.165) is 0 Å². The average molecular weight is 267 g/mol. The summed E-state index contributed by atoms with van der Waals surface area (Å²) in [7, 11) is 0. The fourth-order valence-electron chi connectivity index (χ4n) is 1.11. The fourth-order valence-corrected chi connectivity index (χ4v) is 1.24. The minimum absolute atomic E-state index is 0.0671. The maximum absolute atomic E-state index is 10.3. The number of carboxylic acid groups (broad SMARTS) is 1. The summed E-state index contributed by atoms with van der Waals surface area (Å²) in [5, 5.41) is 26.5. The standard InChI is InChI=1S/C7H6O3.C6H5ClO/c8-6-4-2-1-3-5(6)7(9)10;7-5-3-1-2-4-6(5)8/h1-4,8H,(H,9,10);1-4,8H. The summed E-state index contributed by atoms with van der Waals surface area (Å²) in [6, 6.07) is 12.5. The molecular weight excluding hydrogens is 256 g/mol. The van der Waals surface area contributed by atoms with E-state index in [2.05, 4.69) is 0 Å². The lowest BCUT2D eigenvalue weighted by molar-refractivity contribution is 0.0693. The summed E-state index contributed by atoms with van der Waals surface area (Å²) in [6.45, 7) is 0. The first-order chi connectivity index (χ1) is 8.52. The summed E-state index contributed by atoms with van der Waals surface area (Å²) < 4.78 is 0. The molecule has 0 unspecified atom stereocenters. The quantitative estimate of drug-likeness (QED) is 0.741. The average Bonchev–Trinajstić information content (AvgIpc) is 2.34. The van der Waals surface area contributed by atoms with Gasteiger partial charge in [0.2, 0.25) is 0 Å². The molecule has 0 radical (unpaired) electrons. The monoisotopic (exact) mass is 266 g/mol. The highest BCUT2D eigenvalue weighted by Crippen LogP contribution is 2.20. The van der Waals surface area contributed by atoms with Crippen LogP contribution in [0.1, 0.15) is 10.4 Å². The van der Waals surface area contributed by atoms with Gasteiger partial charge in [-0.05, 0) is 24.3 Å². The van der Waals surface area contributed by atoms with Gasteiger partial charge in [-0.1, -0.05) is 35.9 Å². The molecule has 0 atom stereocenters. The molecular formula is C13H11ClO4. The normalized spacial score (nSPS) is 9.17. The third-order valence-corrected chi connectivity index (χ3v) is 2.31. The molecule has 94 valence electrons. The van der Waals surface area contributed by atoms with Crippen molar-refractivity contribution in [3.63, 3.8) is 0 Å². The second kappa shape index (κ2) is 6.51. The van der Waals surface area contributed by atoms with Gasteiger partial charge in [0.25, 0.3) is 0 Å². The van der Waals surface area contributed by atoms with Crippen LogP contribution < -0.4 is 0 Å². The lowest BCUT2D eigenvalue weighted by Crippen LogP contribution is -1.95. The molecule has 0 aliphatic carbocycles. The Morgan fingerprint density at radius 2 is 1.39 bits per heavy atom. The Balaban J connectivity index is 0.000000184. The first-order valence-electron chi connectivity index (χ1n) is 4.97. The van der Waals surface area contributed by atoms with Gasteiger partial charge in [-0.3, -0.25) is 0 Å². The van der Waals surface area contributed by atoms with Crippen molar-refractivity contribution in [1.82, 2.24) is 0 Å². The highest BCUT2D eigenvalue weighted by atomic mass is 35.5. The van der Waals surface area contributed by atoms with Crippen molar-refractivity contribution in [1.29, 1.82) is 0 Å². The summed E-state index contributed by atoms with van der Waals surface area (Å²) >= 11 is 5.46. The highest BCUT2D eigenvalue weighted by Gasteiger charge is 2.05. The number of carbonyl (C=O) groups is 1. The third-order valence-electron chi connectivity index (χ3n) is 1.99. The Morgan fingerprint density at radius 3 is 1.72 bits per heavy atom. The van der Waals surface area contributed by atoms with Crippen LogP contribution in [0.15, 0.2) is 48.5 Å². The molecule has 3 N–H and O–H groups in total. The molecule has 0 aliphatic heterocycles. The van der Waals surface area contributed by atoms with Gasteiger partial charge >= 0.3 is 5.97 Å². The minimum atomic E-state index is -1.11. The molecule has 5 heteroatoms. The number of halogens is 1. The van der Waals surface area contributed by atoms with Gasteiger partial charge in [-0.2, -0.15) is 0 Å². The Labute approximate surface area is 109 Å². The molecule has 0 heterocycles. The van der Waals surface area contributed by atoms with Crippen molar-refractivity contribution in [2.24, 2.45) is 0 Å². The topological polar surface area (TPSA) is 77.8 Å². The van der Waals surface area contributed by atoms with Crippen LogP contribution in [0.3, 0.4) is 0 Å². The largest absolute Gasteiger partial charge is 0.507 e. The zero-order chi connectivity index (χ0) is 13.5. The van der Waals surface area contributed by atoms with E-state index >= 15 is 0 Å². The molecule has 2 aromatic carbocycles. The van der Waals surface area contributed by atoms with Crippen molar-refractivity contribution < 1.29 is 20.1 Å². The zero-order valence-corrected chi connectivity index (χ0v) is 10.0. The van der Waals surface area contributed by atoms with Crippen LogP contribution in [0.5, 0.6) is 11.5 Å². The lowest BCUT2D eigenvalue weighted by atomic mass is 10.2. The van der Waals surface area contributed by atoms with Crippen LogP contribution in [-0.4, -0.2) is 21.3 Å². The van der Waals surface area contributed by atoms with Gasteiger partial charge in [0.15, 0.2) is 0 Å². The van der Waals surface area contributed by atoms with Gasteiger partial charge in [-0.25, -0.2) is 4.79 Å². The number of hydrogen-bond acceptors (Lipinski definition) is 3. The van der Waals surface area contributed by atoms with Gasteiger partial charge < -0.3 is 15.3 Å². The fraction of sp³-hybridized carbons (Fsp3) is 0. The van der Waals surface area contributed by atoms with E-state index in [9.17, 15) is 4.79 Å². The molecule has 18 heavy (non-hydrogen) atoms. The van der Waals surface area contributed by atoms with Crippen LogP contribution in [0, 0.1) is 0 Å². The van der Waals surface area contributed by atoms with Crippen LogP contribution in [0.25, 0.3) is 0 Å². The van der Waals surface area contributed by atoms with Gasteiger partial charge in [0.1, 0.15) is 17.1 Å². The number of aromatic hydroxyl groups is 2. The summed E-state index contributed by atoms with van der Waals surface area (Å²) in [5.74, 6) is -1.18. The number of aromatic carboxylic acids is 1. The number of carboxylic acids is 1. The number of para-hydroxylation sites is 2. The number of rotatable bonds is 1. The van der Waals surface area contributed by atoms with E-state index in [-0.39, 0.29) is 17.1 Å². The Kier molecular flexibility index (Phi) is 5.02. The number of benzene rings is 2. The molecule has 2 aromatic rings. The molecule has 0 fully saturated rings. The summed E-state index contributed by atoms with van der Waals surface area (Å²) in [6.07, 6.45) is 0. The van der Waals surface area contributed by atoms with Gasteiger partial charge in [-0.15, -0.1) is 0 Å². The molecule has 0 aromatic heterocycles. The second-order valence-electron chi connectivity index (χ2n) is 3.27. The third kappa shape index (κ3) is 3.99. The Morgan fingerprint density at radius 1 is 0.889 bits per heavy atom. The van der Waals surface area contributed by atoms with E-state index in [4.69, 9.17) is 26.9 Å². The highest BCUT2D eigenvalue weighted by molar-refractivity contribution is 6.31. The first-order valence-corrected chi connectivity index (χ1v) is 5.35. The smallest absolute Gasteiger partial charge is 0.339 e. The van der Waals surface area contributed by atoms with E-state index in [0.29, 0.717) is 5.02 Å². The second-order valence-corrected chi connectivity index (χ2v) is 3.68. The molecule has 4 nitrogen and oxygen atoms in total. The molecule has 0 saturated heterocycles. The maximum Gasteiger partial charge on any atom is 0.339 e. The number of phenols is 2. The molecule has 2 rings (SSSR count). The number of hydrogen-bond donors (Lipinski definition) is 3.